The Morgan fingerprint density at radius 1 is 1.28 bits per heavy atom. The summed E-state index contributed by atoms with van der Waals surface area (Å²) >= 11 is 6.02. The number of aliphatic hydroxyl groups is 1. The number of aliphatic hydroxyl groups excluding tert-OH is 1. The zero-order valence-electron chi connectivity index (χ0n) is 13.8. The number of aromatic nitrogens is 3. The van der Waals surface area contributed by atoms with Crippen LogP contribution in [0, 0.1) is 11.8 Å². The standard InChI is InChI=1S/C18H20ClFN4O/c19-18-9-17(23-15-3-5-16(25)6-4-15)14(11-21-18)2-1-13-10-22-24(12-13)8-7-20/h9-12,15-16,25H,3-8H2,(H,21,23). The van der Waals surface area contributed by atoms with Crippen molar-refractivity contribution in [2.75, 3.05) is 12.0 Å². The molecule has 1 fully saturated rings. The molecule has 0 spiro atoms. The number of anilines is 1. The Bertz CT molecular complexity index is 775. The molecule has 0 aliphatic heterocycles. The maximum Gasteiger partial charge on any atom is 0.131 e. The van der Waals surface area contributed by atoms with Crippen molar-refractivity contribution >= 4 is 17.3 Å². The van der Waals surface area contributed by atoms with Crippen molar-refractivity contribution in [3.8, 4) is 11.8 Å². The first-order valence-electron chi connectivity index (χ1n) is 8.34. The van der Waals surface area contributed by atoms with E-state index in [-0.39, 0.29) is 18.7 Å². The van der Waals surface area contributed by atoms with Crippen LogP contribution in [0.5, 0.6) is 0 Å². The Labute approximate surface area is 151 Å². The van der Waals surface area contributed by atoms with Crippen LogP contribution in [-0.2, 0) is 6.54 Å². The van der Waals surface area contributed by atoms with Crippen LogP contribution in [0.25, 0.3) is 0 Å². The average Bonchev–Trinajstić information content (AvgIpc) is 3.04. The predicted octanol–water partition coefficient (Wildman–Crippen LogP) is 3.02. The summed E-state index contributed by atoms with van der Waals surface area (Å²) in [5, 5.41) is 17.5. The molecule has 132 valence electrons. The van der Waals surface area contributed by atoms with Crippen molar-refractivity contribution in [1.82, 2.24) is 14.8 Å². The van der Waals surface area contributed by atoms with Gasteiger partial charge in [-0.05, 0) is 31.7 Å². The summed E-state index contributed by atoms with van der Waals surface area (Å²) < 4.78 is 13.9. The van der Waals surface area contributed by atoms with Crippen molar-refractivity contribution in [3.63, 3.8) is 0 Å². The van der Waals surface area contributed by atoms with Crippen molar-refractivity contribution < 1.29 is 9.50 Å². The van der Waals surface area contributed by atoms with Crippen molar-refractivity contribution in [1.29, 1.82) is 0 Å². The molecular weight excluding hydrogens is 343 g/mol. The summed E-state index contributed by atoms with van der Waals surface area (Å²) in [6, 6.07) is 2.05. The largest absolute Gasteiger partial charge is 0.393 e. The molecule has 0 saturated heterocycles. The van der Waals surface area contributed by atoms with Gasteiger partial charge in [0, 0.05) is 18.4 Å². The summed E-state index contributed by atoms with van der Waals surface area (Å²) in [5.74, 6) is 6.11. The summed E-state index contributed by atoms with van der Waals surface area (Å²) in [7, 11) is 0. The van der Waals surface area contributed by atoms with Gasteiger partial charge in [-0.2, -0.15) is 5.10 Å². The van der Waals surface area contributed by atoms with Gasteiger partial charge in [-0.3, -0.25) is 4.68 Å². The molecule has 5 nitrogen and oxygen atoms in total. The number of hydrogen-bond acceptors (Lipinski definition) is 4. The van der Waals surface area contributed by atoms with Crippen LogP contribution in [-0.4, -0.2) is 38.7 Å². The van der Waals surface area contributed by atoms with Gasteiger partial charge in [0.15, 0.2) is 0 Å². The van der Waals surface area contributed by atoms with Crippen LogP contribution in [0.4, 0.5) is 10.1 Å². The van der Waals surface area contributed by atoms with E-state index in [9.17, 15) is 9.50 Å². The third-order valence-electron chi connectivity index (χ3n) is 4.22. The molecule has 0 unspecified atom stereocenters. The maximum absolute atomic E-state index is 12.3. The van der Waals surface area contributed by atoms with Crippen LogP contribution in [0.1, 0.15) is 36.8 Å². The minimum atomic E-state index is -0.459. The molecule has 2 aromatic heterocycles. The molecule has 1 aliphatic rings. The van der Waals surface area contributed by atoms with E-state index >= 15 is 0 Å². The number of nitrogens with one attached hydrogen (secondary N) is 1. The Kier molecular flexibility index (Phi) is 5.90. The third-order valence-corrected chi connectivity index (χ3v) is 4.42. The molecule has 1 aliphatic carbocycles. The summed E-state index contributed by atoms with van der Waals surface area (Å²) in [6.07, 6.45) is 8.18. The monoisotopic (exact) mass is 362 g/mol. The van der Waals surface area contributed by atoms with Gasteiger partial charge in [-0.25, -0.2) is 9.37 Å². The van der Waals surface area contributed by atoms with Gasteiger partial charge >= 0.3 is 0 Å². The fourth-order valence-electron chi connectivity index (χ4n) is 2.87. The summed E-state index contributed by atoms with van der Waals surface area (Å²) in [4.78, 5) is 4.10. The van der Waals surface area contributed by atoms with Crippen molar-refractivity contribution in [2.45, 2.75) is 44.4 Å². The second kappa shape index (κ2) is 8.32. The first-order valence-corrected chi connectivity index (χ1v) is 8.72. The van der Waals surface area contributed by atoms with E-state index in [0.717, 1.165) is 42.5 Å². The maximum atomic E-state index is 12.3. The molecule has 0 amide bonds. The highest BCUT2D eigenvalue weighted by atomic mass is 35.5. The molecule has 2 heterocycles. The Hall–Kier alpha value is -2.10. The number of nitrogens with zero attached hydrogens (tertiary/aromatic N) is 3. The molecular formula is C18H20ClFN4O. The van der Waals surface area contributed by atoms with Crippen molar-refractivity contribution in [3.05, 3.63) is 40.9 Å². The lowest BCUT2D eigenvalue weighted by Crippen LogP contribution is -2.28. The SMILES string of the molecule is OC1CCC(Nc2cc(Cl)ncc2C#Cc2cnn(CCF)c2)CC1. The highest BCUT2D eigenvalue weighted by molar-refractivity contribution is 6.29. The Balaban J connectivity index is 1.76. The number of alkyl halides is 1. The van der Waals surface area contributed by atoms with E-state index in [1.54, 1.807) is 24.7 Å². The normalized spacial score (nSPS) is 20.0. The van der Waals surface area contributed by atoms with E-state index in [2.05, 4.69) is 27.2 Å². The first kappa shape index (κ1) is 17.7. The van der Waals surface area contributed by atoms with Gasteiger partial charge in [-0.15, -0.1) is 0 Å². The predicted molar refractivity (Wildman–Crippen MR) is 95.3 cm³/mol. The third kappa shape index (κ3) is 4.94. The van der Waals surface area contributed by atoms with E-state index < -0.39 is 6.67 Å². The topological polar surface area (TPSA) is 63.0 Å². The second-order valence-electron chi connectivity index (χ2n) is 6.13. The zero-order valence-corrected chi connectivity index (χ0v) is 14.5. The lowest BCUT2D eigenvalue weighted by molar-refractivity contribution is 0.126. The number of rotatable bonds is 4. The molecule has 7 heteroatoms. The molecule has 2 N–H and O–H groups in total. The quantitative estimate of drug-likeness (QED) is 0.648. The summed E-state index contributed by atoms with van der Waals surface area (Å²) in [6.45, 7) is -0.232. The average molecular weight is 363 g/mol. The van der Waals surface area contributed by atoms with Crippen LogP contribution >= 0.6 is 11.6 Å². The molecule has 1 saturated carbocycles. The van der Waals surface area contributed by atoms with Crippen molar-refractivity contribution in [2.24, 2.45) is 0 Å². The van der Waals surface area contributed by atoms with E-state index in [1.807, 2.05) is 0 Å². The number of aryl methyl sites for hydroxylation is 1. The Morgan fingerprint density at radius 2 is 2.08 bits per heavy atom. The molecule has 0 atom stereocenters. The Morgan fingerprint density at radius 3 is 2.84 bits per heavy atom. The highest BCUT2D eigenvalue weighted by Gasteiger charge is 2.19. The molecule has 0 bridgehead atoms. The fraction of sp³-hybridized carbons (Fsp3) is 0.444. The molecule has 2 aromatic rings. The number of hydrogen-bond donors (Lipinski definition) is 2. The smallest absolute Gasteiger partial charge is 0.131 e. The minimum absolute atomic E-state index is 0.195. The van der Waals surface area contributed by atoms with Crippen LogP contribution in [0.15, 0.2) is 24.7 Å². The summed E-state index contributed by atoms with van der Waals surface area (Å²) in [5.41, 5.74) is 2.30. The van der Waals surface area contributed by atoms with E-state index in [4.69, 9.17) is 11.6 Å². The molecule has 0 radical (unpaired) electrons. The van der Waals surface area contributed by atoms with Crippen LogP contribution < -0.4 is 5.32 Å². The molecule has 3 rings (SSSR count). The second-order valence-corrected chi connectivity index (χ2v) is 6.52. The van der Waals surface area contributed by atoms with E-state index in [1.165, 1.54) is 4.68 Å². The van der Waals surface area contributed by atoms with Crippen LogP contribution in [0.2, 0.25) is 5.15 Å². The minimum Gasteiger partial charge on any atom is -0.393 e. The van der Waals surface area contributed by atoms with Gasteiger partial charge < -0.3 is 10.4 Å². The lowest BCUT2D eigenvalue weighted by atomic mass is 9.93. The van der Waals surface area contributed by atoms with E-state index in [0.29, 0.717) is 5.15 Å². The van der Waals surface area contributed by atoms with Gasteiger partial charge in [0.2, 0.25) is 0 Å². The van der Waals surface area contributed by atoms with Gasteiger partial charge in [-0.1, -0.05) is 23.4 Å². The number of pyridine rings is 1. The van der Waals surface area contributed by atoms with Gasteiger partial charge in [0.1, 0.15) is 11.8 Å². The number of halogens is 2. The zero-order chi connectivity index (χ0) is 17.6. The lowest BCUT2D eigenvalue weighted by Gasteiger charge is -2.27. The van der Waals surface area contributed by atoms with Gasteiger partial charge in [0.05, 0.1) is 35.7 Å². The fourth-order valence-corrected chi connectivity index (χ4v) is 3.02. The first-order chi connectivity index (χ1) is 12.1. The van der Waals surface area contributed by atoms with Gasteiger partial charge in [0.25, 0.3) is 0 Å². The van der Waals surface area contributed by atoms with Crippen LogP contribution in [0.3, 0.4) is 0 Å². The molecule has 0 aromatic carbocycles. The molecule has 25 heavy (non-hydrogen) atoms. The highest BCUT2D eigenvalue weighted by Crippen LogP contribution is 2.25.